The standard InChI is InChI=1S/C10H17N3O/c1-6(2)9(11)12-10(14)13-4-7-3-8(7)5-13/h6-8H,3-5H2,1-2H3,(H2,11,12,14). The fourth-order valence-corrected chi connectivity index (χ4v) is 1.86. The molecule has 2 rings (SSSR count). The van der Waals surface area contributed by atoms with Crippen LogP contribution in [0.4, 0.5) is 4.79 Å². The molecule has 1 saturated carbocycles. The van der Waals surface area contributed by atoms with Gasteiger partial charge in [0.05, 0.1) is 0 Å². The predicted octanol–water partition coefficient (Wildman–Crippen LogP) is 1.07. The number of amides is 2. The Hall–Kier alpha value is -1.06. The van der Waals surface area contributed by atoms with Gasteiger partial charge < -0.3 is 10.6 Å². The molecule has 0 spiro atoms. The molecule has 1 heterocycles. The Morgan fingerprint density at radius 1 is 1.43 bits per heavy atom. The Labute approximate surface area is 84.2 Å². The zero-order valence-electron chi connectivity index (χ0n) is 8.73. The molecule has 1 saturated heterocycles. The van der Waals surface area contributed by atoms with E-state index in [1.165, 1.54) is 6.42 Å². The summed E-state index contributed by atoms with van der Waals surface area (Å²) in [7, 11) is 0. The molecular formula is C10H17N3O. The van der Waals surface area contributed by atoms with Crippen molar-refractivity contribution in [2.75, 3.05) is 13.1 Å². The summed E-state index contributed by atoms with van der Waals surface area (Å²) in [4.78, 5) is 17.3. The predicted molar refractivity (Wildman–Crippen MR) is 55.0 cm³/mol. The summed E-state index contributed by atoms with van der Waals surface area (Å²) in [5, 5.41) is 0. The van der Waals surface area contributed by atoms with Crippen molar-refractivity contribution in [3.05, 3.63) is 0 Å². The van der Waals surface area contributed by atoms with Crippen LogP contribution in [-0.4, -0.2) is 29.9 Å². The second kappa shape index (κ2) is 3.26. The molecular weight excluding hydrogens is 178 g/mol. The lowest BCUT2D eigenvalue weighted by Gasteiger charge is -2.15. The normalized spacial score (nSPS) is 30.8. The van der Waals surface area contributed by atoms with Gasteiger partial charge in [-0.3, -0.25) is 0 Å². The van der Waals surface area contributed by atoms with E-state index in [9.17, 15) is 4.79 Å². The Morgan fingerprint density at radius 2 is 2.00 bits per heavy atom. The summed E-state index contributed by atoms with van der Waals surface area (Å²) in [5.41, 5.74) is 5.63. The largest absolute Gasteiger partial charge is 0.387 e. The lowest BCUT2D eigenvalue weighted by molar-refractivity contribution is 0.214. The van der Waals surface area contributed by atoms with E-state index in [2.05, 4.69) is 4.99 Å². The Kier molecular flexibility index (Phi) is 2.21. The fourth-order valence-electron chi connectivity index (χ4n) is 1.86. The van der Waals surface area contributed by atoms with Crippen molar-refractivity contribution in [3.8, 4) is 0 Å². The summed E-state index contributed by atoms with van der Waals surface area (Å²) in [6.45, 7) is 5.65. The molecule has 2 aliphatic rings. The third-order valence-electron chi connectivity index (χ3n) is 3.07. The number of amidine groups is 1. The molecule has 2 unspecified atom stereocenters. The number of nitrogens with two attached hydrogens (primary N) is 1. The van der Waals surface area contributed by atoms with Gasteiger partial charge in [-0.1, -0.05) is 13.8 Å². The van der Waals surface area contributed by atoms with Gasteiger partial charge in [0.25, 0.3) is 0 Å². The lowest BCUT2D eigenvalue weighted by Crippen LogP contribution is -2.30. The van der Waals surface area contributed by atoms with Gasteiger partial charge in [-0.15, -0.1) is 0 Å². The van der Waals surface area contributed by atoms with Crippen LogP contribution in [0.1, 0.15) is 20.3 Å². The first-order valence-corrected chi connectivity index (χ1v) is 5.21. The van der Waals surface area contributed by atoms with Crippen molar-refractivity contribution >= 4 is 11.9 Å². The van der Waals surface area contributed by atoms with Crippen LogP contribution < -0.4 is 5.73 Å². The average Bonchev–Trinajstić information content (AvgIpc) is 2.73. The summed E-state index contributed by atoms with van der Waals surface area (Å²) in [5.74, 6) is 2.11. The maximum atomic E-state index is 11.6. The maximum absolute atomic E-state index is 11.6. The van der Waals surface area contributed by atoms with Gasteiger partial charge in [-0.25, -0.2) is 4.79 Å². The van der Waals surface area contributed by atoms with Gasteiger partial charge in [-0.2, -0.15) is 4.99 Å². The molecule has 0 aromatic heterocycles. The SMILES string of the molecule is CC(C)/C(N)=N/C(=O)N1CC2CC2C1. The first-order chi connectivity index (χ1) is 6.58. The Bertz CT molecular complexity index is 275. The molecule has 4 nitrogen and oxygen atoms in total. The number of carbonyl (C=O) groups is 1. The van der Waals surface area contributed by atoms with Crippen molar-refractivity contribution in [2.24, 2.45) is 28.5 Å². The van der Waals surface area contributed by atoms with Crippen molar-refractivity contribution in [1.29, 1.82) is 0 Å². The molecule has 1 aliphatic carbocycles. The van der Waals surface area contributed by atoms with Crippen molar-refractivity contribution in [2.45, 2.75) is 20.3 Å². The zero-order valence-corrected chi connectivity index (χ0v) is 8.73. The maximum Gasteiger partial charge on any atom is 0.345 e. The van der Waals surface area contributed by atoms with Gasteiger partial charge in [-0.05, 0) is 18.3 Å². The number of nitrogens with zero attached hydrogens (tertiary/aromatic N) is 2. The van der Waals surface area contributed by atoms with E-state index in [4.69, 9.17) is 5.73 Å². The van der Waals surface area contributed by atoms with E-state index in [0.717, 1.165) is 24.9 Å². The average molecular weight is 195 g/mol. The van der Waals surface area contributed by atoms with Crippen LogP contribution in [0, 0.1) is 17.8 Å². The second-order valence-corrected chi connectivity index (χ2v) is 4.63. The van der Waals surface area contributed by atoms with Crippen molar-refractivity contribution < 1.29 is 4.79 Å². The van der Waals surface area contributed by atoms with Gasteiger partial charge in [0, 0.05) is 19.0 Å². The van der Waals surface area contributed by atoms with Crippen LogP contribution in [0.2, 0.25) is 0 Å². The minimum Gasteiger partial charge on any atom is -0.387 e. The highest BCUT2D eigenvalue weighted by Crippen LogP contribution is 2.44. The van der Waals surface area contributed by atoms with E-state index in [1.54, 1.807) is 0 Å². The van der Waals surface area contributed by atoms with E-state index >= 15 is 0 Å². The summed E-state index contributed by atoms with van der Waals surface area (Å²) in [6.07, 6.45) is 1.30. The Morgan fingerprint density at radius 3 is 2.50 bits per heavy atom. The highest BCUT2D eigenvalue weighted by atomic mass is 16.2. The molecule has 14 heavy (non-hydrogen) atoms. The van der Waals surface area contributed by atoms with E-state index in [-0.39, 0.29) is 11.9 Å². The number of piperidine rings is 1. The quantitative estimate of drug-likeness (QED) is 0.502. The smallest absolute Gasteiger partial charge is 0.345 e. The molecule has 0 aromatic rings. The third kappa shape index (κ3) is 1.74. The molecule has 2 fully saturated rings. The molecule has 1 aliphatic heterocycles. The number of urea groups is 1. The van der Waals surface area contributed by atoms with Gasteiger partial charge in [0.15, 0.2) is 0 Å². The summed E-state index contributed by atoms with van der Waals surface area (Å²) >= 11 is 0. The molecule has 0 radical (unpaired) electrons. The fraction of sp³-hybridized carbons (Fsp3) is 0.800. The highest BCUT2D eigenvalue weighted by Gasteiger charge is 2.46. The number of hydrogen-bond acceptors (Lipinski definition) is 1. The van der Waals surface area contributed by atoms with Gasteiger partial charge >= 0.3 is 6.03 Å². The molecule has 78 valence electrons. The number of fused-ring (bicyclic) bond motifs is 1. The molecule has 2 amide bonds. The molecule has 2 atom stereocenters. The van der Waals surface area contributed by atoms with Crippen LogP contribution in [0.15, 0.2) is 4.99 Å². The number of aliphatic imine (C=N–C) groups is 1. The number of rotatable bonds is 1. The van der Waals surface area contributed by atoms with E-state index in [1.807, 2.05) is 18.7 Å². The van der Waals surface area contributed by atoms with Crippen LogP contribution in [-0.2, 0) is 0 Å². The number of carbonyl (C=O) groups excluding carboxylic acids is 1. The number of likely N-dealkylation sites (tertiary alicyclic amines) is 1. The van der Waals surface area contributed by atoms with E-state index < -0.39 is 0 Å². The minimum atomic E-state index is -0.150. The van der Waals surface area contributed by atoms with Crippen LogP contribution in [0.5, 0.6) is 0 Å². The molecule has 4 heteroatoms. The van der Waals surface area contributed by atoms with Gasteiger partial charge in [0.1, 0.15) is 5.84 Å². The Balaban J connectivity index is 1.92. The molecule has 0 bridgehead atoms. The van der Waals surface area contributed by atoms with Crippen LogP contribution in [0.25, 0.3) is 0 Å². The monoisotopic (exact) mass is 195 g/mol. The number of hydrogen-bond donors (Lipinski definition) is 1. The summed E-state index contributed by atoms with van der Waals surface area (Å²) < 4.78 is 0. The molecule has 0 aromatic carbocycles. The first-order valence-electron chi connectivity index (χ1n) is 5.21. The summed E-state index contributed by atoms with van der Waals surface area (Å²) in [6, 6.07) is -0.150. The first kappa shape index (κ1) is 9.49. The van der Waals surface area contributed by atoms with Crippen molar-refractivity contribution in [1.82, 2.24) is 4.90 Å². The topological polar surface area (TPSA) is 58.7 Å². The second-order valence-electron chi connectivity index (χ2n) is 4.63. The highest BCUT2D eigenvalue weighted by molar-refractivity contribution is 5.93. The van der Waals surface area contributed by atoms with Gasteiger partial charge in [0.2, 0.25) is 0 Å². The third-order valence-corrected chi connectivity index (χ3v) is 3.07. The van der Waals surface area contributed by atoms with E-state index in [0.29, 0.717) is 5.84 Å². The van der Waals surface area contributed by atoms with Crippen LogP contribution in [0.3, 0.4) is 0 Å². The lowest BCUT2D eigenvalue weighted by atomic mass is 10.2. The zero-order chi connectivity index (χ0) is 10.3. The molecule has 2 N–H and O–H groups in total. The minimum absolute atomic E-state index is 0.149. The van der Waals surface area contributed by atoms with Crippen molar-refractivity contribution in [3.63, 3.8) is 0 Å². The van der Waals surface area contributed by atoms with Crippen LogP contribution >= 0.6 is 0 Å².